The molecule has 3 nitrogen and oxygen atoms in total. The first kappa shape index (κ1) is 10.6. The minimum Gasteiger partial charge on any atom is -0.493 e. The first-order valence-corrected chi connectivity index (χ1v) is 6.19. The summed E-state index contributed by atoms with van der Waals surface area (Å²) < 4.78 is 5.64. The zero-order chi connectivity index (χ0) is 11.8. The van der Waals surface area contributed by atoms with Crippen molar-refractivity contribution in [2.24, 2.45) is 11.8 Å². The fraction of sp³-hybridized carbons (Fsp3) is 0.500. The predicted octanol–water partition coefficient (Wildman–Crippen LogP) is 2.66. The van der Waals surface area contributed by atoms with Crippen LogP contribution < -0.4 is 4.74 Å². The summed E-state index contributed by atoms with van der Waals surface area (Å²) in [4.78, 5) is 10.8. The van der Waals surface area contributed by atoms with Gasteiger partial charge in [0.05, 0.1) is 12.5 Å². The highest BCUT2D eigenvalue weighted by Crippen LogP contribution is 2.47. The fourth-order valence-electron chi connectivity index (χ4n) is 2.15. The van der Waals surface area contributed by atoms with Crippen molar-refractivity contribution < 1.29 is 14.6 Å². The van der Waals surface area contributed by atoms with Crippen molar-refractivity contribution in [3.63, 3.8) is 0 Å². The Labute approximate surface area is 100 Å². The maximum atomic E-state index is 10.8. The van der Waals surface area contributed by atoms with Crippen LogP contribution in [0.15, 0.2) is 24.3 Å². The minimum atomic E-state index is -0.677. The highest BCUT2D eigenvalue weighted by molar-refractivity contribution is 5.75. The Balaban J connectivity index is 1.58. The highest BCUT2D eigenvalue weighted by atomic mass is 16.5. The molecule has 0 heterocycles. The summed E-state index contributed by atoms with van der Waals surface area (Å²) in [5.74, 6) is 1.02. The van der Waals surface area contributed by atoms with Crippen LogP contribution >= 0.6 is 0 Å². The summed E-state index contributed by atoms with van der Waals surface area (Å²) in [6, 6.07) is 7.90. The summed E-state index contributed by atoms with van der Waals surface area (Å²) in [6.07, 6.45) is 3.36. The van der Waals surface area contributed by atoms with Crippen LogP contribution in [0.1, 0.15) is 30.7 Å². The molecule has 0 aliphatic heterocycles. The summed E-state index contributed by atoms with van der Waals surface area (Å²) in [5, 5.41) is 8.87. The molecule has 1 aromatic rings. The Morgan fingerprint density at radius 3 is 2.53 bits per heavy atom. The van der Waals surface area contributed by atoms with Gasteiger partial charge in [-0.3, -0.25) is 4.79 Å². The monoisotopic (exact) mass is 232 g/mol. The van der Waals surface area contributed by atoms with E-state index in [9.17, 15) is 4.79 Å². The van der Waals surface area contributed by atoms with Crippen LogP contribution in [0.3, 0.4) is 0 Å². The van der Waals surface area contributed by atoms with Crippen molar-refractivity contribution in [2.45, 2.75) is 25.2 Å². The molecule has 0 bridgehead atoms. The van der Waals surface area contributed by atoms with Crippen LogP contribution in [-0.4, -0.2) is 17.7 Å². The summed E-state index contributed by atoms with van der Waals surface area (Å²) in [6.45, 7) is 0.820. The van der Waals surface area contributed by atoms with Crippen molar-refractivity contribution in [3.8, 4) is 5.75 Å². The third-order valence-electron chi connectivity index (χ3n) is 3.60. The molecule has 1 aromatic carbocycles. The molecule has 2 atom stereocenters. The average molecular weight is 232 g/mol. The SMILES string of the molecule is O=C(O)[C@@H]1C[C@H]1c1ccc(OCC2CC2)cc1. The van der Waals surface area contributed by atoms with Crippen LogP contribution in [-0.2, 0) is 4.79 Å². The maximum Gasteiger partial charge on any atom is 0.307 e. The van der Waals surface area contributed by atoms with Gasteiger partial charge in [-0.15, -0.1) is 0 Å². The topological polar surface area (TPSA) is 46.5 Å². The van der Waals surface area contributed by atoms with Gasteiger partial charge in [0.15, 0.2) is 0 Å². The zero-order valence-corrected chi connectivity index (χ0v) is 9.63. The minimum absolute atomic E-state index is 0.173. The molecule has 3 heteroatoms. The first-order valence-electron chi connectivity index (χ1n) is 6.19. The quantitative estimate of drug-likeness (QED) is 0.849. The maximum absolute atomic E-state index is 10.8. The van der Waals surface area contributed by atoms with Crippen molar-refractivity contribution in [1.82, 2.24) is 0 Å². The number of aliphatic carboxylic acids is 1. The lowest BCUT2D eigenvalue weighted by atomic mass is 10.1. The molecule has 1 N–H and O–H groups in total. The number of carboxylic acids is 1. The van der Waals surface area contributed by atoms with Gasteiger partial charge in [-0.2, -0.15) is 0 Å². The molecule has 0 amide bonds. The third kappa shape index (κ3) is 2.43. The van der Waals surface area contributed by atoms with Crippen LogP contribution in [0.2, 0.25) is 0 Å². The lowest BCUT2D eigenvalue weighted by molar-refractivity contribution is -0.138. The van der Waals surface area contributed by atoms with Crippen LogP contribution in [0.5, 0.6) is 5.75 Å². The number of benzene rings is 1. The van der Waals surface area contributed by atoms with Gasteiger partial charge in [0, 0.05) is 0 Å². The van der Waals surface area contributed by atoms with E-state index in [4.69, 9.17) is 9.84 Å². The smallest absolute Gasteiger partial charge is 0.307 e. The van der Waals surface area contributed by atoms with E-state index in [1.807, 2.05) is 24.3 Å². The molecular weight excluding hydrogens is 216 g/mol. The van der Waals surface area contributed by atoms with E-state index >= 15 is 0 Å². The van der Waals surface area contributed by atoms with Crippen LogP contribution in [0.25, 0.3) is 0 Å². The standard InChI is InChI=1S/C14H16O3/c15-14(16)13-7-12(13)10-3-5-11(6-4-10)17-8-9-1-2-9/h3-6,9,12-13H,1-2,7-8H2,(H,15,16)/t12-,13+/m0/s1. The number of carboxylic acid groups (broad SMARTS) is 1. The van der Waals surface area contributed by atoms with Gasteiger partial charge in [-0.1, -0.05) is 12.1 Å². The van der Waals surface area contributed by atoms with E-state index < -0.39 is 5.97 Å². The van der Waals surface area contributed by atoms with Gasteiger partial charge in [-0.05, 0) is 48.8 Å². The molecule has 2 aliphatic rings. The molecule has 0 radical (unpaired) electrons. The van der Waals surface area contributed by atoms with Crippen LogP contribution in [0, 0.1) is 11.8 Å². The Morgan fingerprint density at radius 1 is 1.29 bits per heavy atom. The molecule has 3 rings (SSSR count). The lowest BCUT2D eigenvalue weighted by Crippen LogP contribution is -2.00. The highest BCUT2D eigenvalue weighted by Gasteiger charge is 2.44. The Kier molecular flexibility index (Phi) is 2.54. The van der Waals surface area contributed by atoms with E-state index in [0.717, 1.165) is 30.3 Å². The van der Waals surface area contributed by atoms with Crippen molar-refractivity contribution in [2.75, 3.05) is 6.61 Å². The van der Waals surface area contributed by atoms with E-state index in [1.54, 1.807) is 0 Å². The largest absolute Gasteiger partial charge is 0.493 e. The molecule has 0 aromatic heterocycles. The first-order chi connectivity index (χ1) is 8.24. The van der Waals surface area contributed by atoms with Crippen molar-refractivity contribution in [3.05, 3.63) is 29.8 Å². The number of rotatable bonds is 5. The zero-order valence-electron chi connectivity index (χ0n) is 9.63. The second-order valence-electron chi connectivity index (χ2n) is 5.11. The van der Waals surface area contributed by atoms with Gasteiger partial charge in [-0.25, -0.2) is 0 Å². The average Bonchev–Trinajstić information content (AvgIpc) is 3.19. The second kappa shape index (κ2) is 4.06. The van der Waals surface area contributed by atoms with E-state index in [0.29, 0.717) is 0 Å². The fourth-order valence-corrected chi connectivity index (χ4v) is 2.15. The second-order valence-corrected chi connectivity index (χ2v) is 5.11. The van der Waals surface area contributed by atoms with Gasteiger partial charge < -0.3 is 9.84 Å². The molecule has 2 saturated carbocycles. The predicted molar refractivity (Wildman–Crippen MR) is 63.1 cm³/mol. The van der Waals surface area contributed by atoms with E-state index in [-0.39, 0.29) is 11.8 Å². The van der Waals surface area contributed by atoms with E-state index in [1.165, 1.54) is 12.8 Å². The van der Waals surface area contributed by atoms with Crippen molar-refractivity contribution >= 4 is 5.97 Å². The Hall–Kier alpha value is -1.51. The molecule has 17 heavy (non-hydrogen) atoms. The molecule has 0 spiro atoms. The van der Waals surface area contributed by atoms with Gasteiger partial charge >= 0.3 is 5.97 Å². The normalized spacial score (nSPS) is 26.6. The molecule has 0 saturated heterocycles. The molecular formula is C14H16O3. The molecule has 0 unspecified atom stereocenters. The number of hydrogen-bond acceptors (Lipinski definition) is 2. The Morgan fingerprint density at radius 2 is 2.00 bits per heavy atom. The van der Waals surface area contributed by atoms with Gasteiger partial charge in [0.25, 0.3) is 0 Å². The summed E-state index contributed by atoms with van der Waals surface area (Å²) in [7, 11) is 0. The summed E-state index contributed by atoms with van der Waals surface area (Å²) >= 11 is 0. The number of carbonyl (C=O) groups is 1. The molecule has 90 valence electrons. The summed E-state index contributed by atoms with van der Waals surface area (Å²) in [5.41, 5.74) is 1.12. The van der Waals surface area contributed by atoms with Crippen molar-refractivity contribution in [1.29, 1.82) is 0 Å². The molecule has 2 aliphatic carbocycles. The van der Waals surface area contributed by atoms with E-state index in [2.05, 4.69) is 0 Å². The number of hydrogen-bond donors (Lipinski definition) is 1. The number of ether oxygens (including phenoxy) is 1. The van der Waals surface area contributed by atoms with Gasteiger partial charge in [0.1, 0.15) is 5.75 Å². The molecule has 2 fully saturated rings. The van der Waals surface area contributed by atoms with Gasteiger partial charge in [0.2, 0.25) is 0 Å². The Bertz CT molecular complexity index is 420. The lowest BCUT2D eigenvalue weighted by Gasteiger charge is -2.06. The third-order valence-corrected chi connectivity index (χ3v) is 3.60. The van der Waals surface area contributed by atoms with Crippen LogP contribution in [0.4, 0.5) is 0 Å².